The van der Waals surface area contributed by atoms with Crippen LogP contribution in [0.5, 0.6) is 0 Å². The molecule has 0 amide bonds. The number of hydrogen-bond donors (Lipinski definition) is 0. The first-order chi connectivity index (χ1) is 8.19. The van der Waals surface area contributed by atoms with E-state index in [-0.39, 0.29) is 0 Å². The first-order valence-corrected chi connectivity index (χ1v) is 6.98. The van der Waals surface area contributed by atoms with Gasteiger partial charge in [-0.25, -0.2) is 0 Å². The number of aryl methyl sites for hydroxylation is 1. The second kappa shape index (κ2) is 5.69. The van der Waals surface area contributed by atoms with Crippen LogP contribution in [0.1, 0.15) is 17.0 Å². The van der Waals surface area contributed by atoms with Crippen LogP contribution in [0.4, 0.5) is 0 Å². The molecule has 0 fully saturated rings. The van der Waals surface area contributed by atoms with Crippen LogP contribution in [0, 0.1) is 0 Å². The maximum absolute atomic E-state index is 5.90. The summed E-state index contributed by atoms with van der Waals surface area (Å²) in [5.41, 5.74) is 2.56. The Hall–Kier alpha value is -0.800. The van der Waals surface area contributed by atoms with Gasteiger partial charge in [0.05, 0.1) is 6.20 Å². The van der Waals surface area contributed by atoms with Crippen LogP contribution in [-0.2, 0) is 13.5 Å². The third kappa shape index (κ3) is 3.33. The monoisotopic (exact) mass is 312 g/mol. The van der Waals surface area contributed by atoms with Gasteiger partial charge in [-0.1, -0.05) is 39.7 Å². The molecule has 4 heteroatoms. The van der Waals surface area contributed by atoms with Crippen molar-refractivity contribution in [2.75, 3.05) is 5.33 Å². The van der Waals surface area contributed by atoms with Crippen molar-refractivity contribution in [1.29, 1.82) is 0 Å². The Balaban J connectivity index is 2.13. The highest BCUT2D eigenvalue weighted by Gasteiger charge is 2.12. The van der Waals surface area contributed by atoms with Gasteiger partial charge in [-0.05, 0) is 35.6 Å². The molecular formula is C13H14BrClN2. The molecule has 0 saturated carbocycles. The Kier molecular flexibility index (Phi) is 4.24. The minimum absolute atomic E-state index is 0.455. The normalized spacial score (nSPS) is 12.6. The lowest BCUT2D eigenvalue weighted by molar-refractivity contribution is 0.758. The van der Waals surface area contributed by atoms with Crippen molar-refractivity contribution in [3.8, 4) is 0 Å². The lowest BCUT2D eigenvalue weighted by Gasteiger charge is -2.13. The van der Waals surface area contributed by atoms with E-state index in [2.05, 4.69) is 39.4 Å². The van der Waals surface area contributed by atoms with Crippen LogP contribution in [0.25, 0.3) is 0 Å². The average Bonchev–Trinajstić information content (AvgIpc) is 2.73. The fourth-order valence-corrected chi connectivity index (χ4v) is 2.59. The average molecular weight is 314 g/mol. The highest BCUT2D eigenvalue weighted by Crippen LogP contribution is 2.24. The van der Waals surface area contributed by atoms with E-state index in [1.165, 1.54) is 11.1 Å². The summed E-state index contributed by atoms with van der Waals surface area (Å²) in [6, 6.07) is 8.06. The third-order valence-corrected chi connectivity index (χ3v) is 3.80. The predicted octanol–water partition coefficient (Wildman–Crippen LogP) is 3.79. The molecule has 0 aliphatic carbocycles. The second-order valence-corrected chi connectivity index (χ2v) is 5.21. The Morgan fingerprint density at radius 1 is 1.35 bits per heavy atom. The highest BCUT2D eigenvalue weighted by atomic mass is 79.9. The maximum atomic E-state index is 5.90. The number of halogens is 2. The lowest BCUT2D eigenvalue weighted by Crippen LogP contribution is -2.03. The molecule has 1 atom stereocenters. The number of aromatic nitrogens is 2. The molecule has 1 unspecified atom stereocenters. The molecule has 0 spiro atoms. The van der Waals surface area contributed by atoms with Gasteiger partial charge in [-0.3, -0.25) is 4.68 Å². The molecule has 2 nitrogen and oxygen atoms in total. The summed E-state index contributed by atoms with van der Waals surface area (Å²) >= 11 is 9.47. The largest absolute Gasteiger partial charge is 0.276 e. The van der Waals surface area contributed by atoms with Crippen LogP contribution in [0.2, 0.25) is 5.02 Å². The van der Waals surface area contributed by atoms with E-state index in [9.17, 15) is 0 Å². The molecule has 0 saturated heterocycles. The van der Waals surface area contributed by atoms with Gasteiger partial charge in [-0.15, -0.1) is 0 Å². The van der Waals surface area contributed by atoms with Crippen LogP contribution in [0.3, 0.4) is 0 Å². The number of hydrogen-bond acceptors (Lipinski definition) is 1. The zero-order valence-electron chi connectivity index (χ0n) is 9.61. The zero-order chi connectivity index (χ0) is 12.3. The van der Waals surface area contributed by atoms with Crippen molar-refractivity contribution in [2.45, 2.75) is 12.3 Å². The van der Waals surface area contributed by atoms with Crippen molar-refractivity contribution in [3.63, 3.8) is 0 Å². The van der Waals surface area contributed by atoms with Crippen LogP contribution in [-0.4, -0.2) is 15.1 Å². The molecular weight excluding hydrogens is 300 g/mol. The van der Waals surface area contributed by atoms with E-state index in [0.717, 1.165) is 16.8 Å². The molecule has 1 heterocycles. The van der Waals surface area contributed by atoms with Crippen molar-refractivity contribution in [2.24, 2.45) is 7.05 Å². The minimum Gasteiger partial charge on any atom is -0.276 e. The summed E-state index contributed by atoms with van der Waals surface area (Å²) in [7, 11) is 1.94. The molecule has 0 aliphatic rings. The fraction of sp³-hybridized carbons (Fsp3) is 0.308. The van der Waals surface area contributed by atoms with Gasteiger partial charge in [0.25, 0.3) is 0 Å². The molecule has 0 radical (unpaired) electrons. The van der Waals surface area contributed by atoms with Crippen molar-refractivity contribution < 1.29 is 0 Å². The summed E-state index contributed by atoms with van der Waals surface area (Å²) in [6.07, 6.45) is 4.97. The van der Waals surface area contributed by atoms with Gasteiger partial charge in [0.15, 0.2) is 0 Å². The topological polar surface area (TPSA) is 17.8 Å². The summed E-state index contributed by atoms with van der Waals surface area (Å²) in [5, 5.41) is 5.91. The van der Waals surface area contributed by atoms with Crippen molar-refractivity contribution in [3.05, 3.63) is 52.8 Å². The molecule has 2 aromatic rings. The first kappa shape index (κ1) is 12.7. The Bertz CT molecular complexity index is 478. The van der Waals surface area contributed by atoms with Crippen LogP contribution in [0.15, 0.2) is 36.7 Å². The van der Waals surface area contributed by atoms with E-state index in [1.54, 1.807) is 0 Å². The van der Waals surface area contributed by atoms with Gasteiger partial charge in [0.2, 0.25) is 0 Å². The summed E-state index contributed by atoms with van der Waals surface area (Å²) < 4.78 is 1.84. The second-order valence-electron chi connectivity index (χ2n) is 4.13. The third-order valence-electron chi connectivity index (χ3n) is 2.77. The van der Waals surface area contributed by atoms with Gasteiger partial charge in [-0.2, -0.15) is 5.10 Å². The van der Waals surface area contributed by atoms with Crippen molar-refractivity contribution in [1.82, 2.24) is 9.78 Å². The zero-order valence-corrected chi connectivity index (χ0v) is 11.9. The summed E-state index contributed by atoms with van der Waals surface area (Å²) in [4.78, 5) is 0. The quantitative estimate of drug-likeness (QED) is 0.785. The van der Waals surface area contributed by atoms with E-state index in [1.807, 2.05) is 30.1 Å². The SMILES string of the molecule is Cn1cc(CC(CBr)c2ccc(Cl)cc2)cn1. The van der Waals surface area contributed by atoms with Crippen LogP contribution < -0.4 is 0 Å². The first-order valence-electron chi connectivity index (χ1n) is 5.48. The van der Waals surface area contributed by atoms with Gasteiger partial charge in [0.1, 0.15) is 0 Å². The molecule has 2 rings (SSSR count). The maximum Gasteiger partial charge on any atom is 0.0521 e. The summed E-state index contributed by atoms with van der Waals surface area (Å²) in [5.74, 6) is 0.455. The van der Waals surface area contributed by atoms with Gasteiger partial charge >= 0.3 is 0 Å². The van der Waals surface area contributed by atoms with E-state index < -0.39 is 0 Å². The molecule has 17 heavy (non-hydrogen) atoms. The lowest BCUT2D eigenvalue weighted by atomic mass is 9.95. The Labute approximate surface area is 115 Å². The van der Waals surface area contributed by atoms with E-state index >= 15 is 0 Å². The highest BCUT2D eigenvalue weighted by molar-refractivity contribution is 9.09. The molecule has 90 valence electrons. The van der Waals surface area contributed by atoms with E-state index in [0.29, 0.717) is 5.92 Å². The molecule has 0 bridgehead atoms. The molecule has 0 aliphatic heterocycles. The Morgan fingerprint density at radius 3 is 2.59 bits per heavy atom. The molecule has 1 aromatic heterocycles. The smallest absolute Gasteiger partial charge is 0.0521 e. The predicted molar refractivity (Wildman–Crippen MR) is 74.9 cm³/mol. The molecule has 1 aromatic carbocycles. The summed E-state index contributed by atoms with van der Waals surface area (Å²) in [6.45, 7) is 0. The molecule has 0 N–H and O–H groups in total. The number of benzene rings is 1. The Morgan fingerprint density at radius 2 is 2.06 bits per heavy atom. The van der Waals surface area contributed by atoms with Crippen LogP contribution >= 0.6 is 27.5 Å². The van der Waals surface area contributed by atoms with E-state index in [4.69, 9.17) is 11.6 Å². The van der Waals surface area contributed by atoms with Gasteiger partial charge < -0.3 is 0 Å². The minimum atomic E-state index is 0.455. The standard InChI is InChI=1S/C13H14BrClN2/c1-17-9-10(8-16-17)6-12(7-14)11-2-4-13(15)5-3-11/h2-5,8-9,12H,6-7H2,1H3. The fourth-order valence-electron chi connectivity index (χ4n) is 1.86. The number of alkyl halides is 1. The number of nitrogens with zero attached hydrogens (tertiary/aromatic N) is 2. The van der Waals surface area contributed by atoms with Crippen molar-refractivity contribution >= 4 is 27.5 Å². The number of rotatable bonds is 4. The van der Waals surface area contributed by atoms with Gasteiger partial charge in [0, 0.05) is 23.6 Å².